The van der Waals surface area contributed by atoms with Crippen LogP contribution in [0, 0.1) is 0 Å². The first-order valence-electron chi connectivity index (χ1n) is 8.94. The van der Waals surface area contributed by atoms with Crippen molar-refractivity contribution in [2.24, 2.45) is 4.99 Å². The summed E-state index contributed by atoms with van der Waals surface area (Å²) in [6.45, 7) is 6.08. The minimum Gasteiger partial charge on any atom is -0.357 e. The van der Waals surface area contributed by atoms with Crippen molar-refractivity contribution in [2.45, 2.75) is 32.2 Å². The van der Waals surface area contributed by atoms with Gasteiger partial charge in [-0.2, -0.15) is 0 Å². The summed E-state index contributed by atoms with van der Waals surface area (Å²) in [6, 6.07) is 8.55. The fraction of sp³-hybridized carbons (Fsp3) is 0.474. The molecule has 0 aromatic carbocycles. The Labute approximate surface area is 154 Å². The molecule has 5 nitrogen and oxygen atoms in total. The first kappa shape index (κ1) is 17.7. The number of hydrogen-bond donors (Lipinski definition) is 2. The van der Waals surface area contributed by atoms with Gasteiger partial charge in [0.1, 0.15) is 5.82 Å². The number of thiophene rings is 1. The highest BCUT2D eigenvalue weighted by atomic mass is 32.1. The Morgan fingerprint density at radius 3 is 2.76 bits per heavy atom. The second kappa shape index (κ2) is 8.85. The minimum absolute atomic E-state index is 0.472. The first-order valence-corrected chi connectivity index (χ1v) is 9.82. The van der Waals surface area contributed by atoms with Crippen molar-refractivity contribution < 1.29 is 0 Å². The molecule has 134 valence electrons. The number of aliphatic imine (C=N–C) groups is 1. The molecule has 0 bridgehead atoms. The number of guanidine groups is 1. The van der Waals surface area contributed by atoms with Gasteiger partial charge in [-0.15, -0.1) is 11.3 Å². The summed E-state index contributed by atoms with van der Waals surface area (Å²) in [7, 11) is 1.81. The fourth-order valence-electron chi connectivity index (χ4n) is 2.98. The van der Waals surface area contributed by atoms with Crippen molar-refractivity contribution in [3.05, 3.63) is 46.3 Å². The van der Waals surface area contributed by atoms with E-state index in [4.69, 9.17) is 0 Å². The van der Waals surface area contributed by atoms with Crippen LogP contribution in [0.25, 0.3) is 0 Å². The van der Waals surface area contributed by atoms with Gasteiger partial charge in [0.15, 0.2) is 5.96 Å². The first-order chi connectivity index (χ1) is 12.3. The quantitative estimate of drug-likeness (QED) is 0.616. The second-order valence-electron chi connectivity index (χ2n) is 6.44. The SMILES string of the molecule is CN=C(NCc1ccc(N2CCCC2)nc1)NCC(C)c1cccs1. The van der Waals surface area contributed by atoms with Crippen molar-refractivity contribution in [1.29, 1.82) is 0 Å². The molecule has 1 aliphatic rings. The lowest BCUT2D eigenvalue weighted by atomic mass is 10.1. The highest BCUT2D eigenvalue weighted by molar-refractivity contribution is 7.10. The van der Waals surface area contributed by atoms with E-state index in [1.165, 1.54) is 17.7 Å². The molecular formula is C19H27N5S. The van der Waals surface area contributed by atoms with Gasteiger partial charge in [0, 0.05) is 50.2 Å². The summed E-state index contributed by atoms with van der Waals surface area (Å²) in [4.78, 5) is 12.6. The fourth-order valence-corrected chi connectivity index (χ4v) is 3.77. The Morgan fingerprint density at radius 1 is 1.28 bits per heavy atom. The van der Waals surface area contributed by atoms with Crippen molar-refractivity contribution in [3.8, 4) is 0 Å². The summed E-state index contributed by atoms with van der Waals surface area (Å²) < 4.78 is 0. The number of hydrogen-bond acceptors (Lipinski definition) is 4. The third-order valence-electron chi connectivity index (χ3n) is 4.53. The Morgan fingerprint density at radius 2 is 2.12 bits per heavy atom. The zero-order chi connectivity index (χ0) is 17.5. The molecule has 25 heavy (non-hydrogen) atoms. The normalized spacial score (nSPS) is 16.1. The maximum Gasteiger partial charge on any atom is 0.191 e. The summed E-state index contributed by atoms with van der Waals surface area (Å²) in [5, 5.41) is 8.89. The lowest BCUT2D eigenvalue weighted by Crippen LogP contribution is -2.38. The summed E-state index contributed by atoms with van der Waals surface area (Å²) >= 11 is 1.80. The van der Waals surface area contributed by atoms with E-state index >= 15 is 0 Å². The number of rotatable bonds is 6. The van der Waals surface area contributed by atoms with Crippen molar-refractivity contribution in [3.63, 3.8) is 0 Å². The molecule has 3 heterocycles. The van der Waals surface area contributed by atoms with Gasteiger partial charge in [-0.3, -0.25) is 4.99 Å². The Hall–Kier alpha value is -2.08. The van der Waals surface area contributed by atoms with Gasteiger partial charge in [-0.05, 0) is 35.9 Å². The lowest BCUT2D eigenvalue weighted by molar-refractivity contribution is 0.708. The minimum atomic E-state index is 0.472. The molecule has 2 aromatic rings. The van der Waals surface area contributed by atoms with E-state index in [1.54, 1.807) is 18.4 Å². The maximum atomic E-state index is 4.60. The van der Waals surface area contributed by atoms with Crippen molar-refractivity contribution >= 4 is 23.1 Å². The van der Waals surface area contributed by atoms with Gasteiger partial charge < -0.3 is 15.5 Å². The molecule has 1 saturated heterocycles. The van der Waals surface area contributed by atoms with Crippen LogP contribution in [0.5, 0.6) is 0 Å². The van der Waals surface area contributed by atoms with Gasteiger partial charge >= 0.3 is 0 Å². The summed E-state index contributed by atoms with van der Waals surface area (Å²) in [6.07, 6.45) is 4.51. The highest BCUT2D eigenvalue weighted by Gasteiger charge is 2.13. The molecular weight excluding hydrogens is 330 g/mol. The number of nitrogens with zero attached hydrogens (tertiary/aromatic N) is 3. The lowest BCUT2D eigenvalue weighted by Gasteiger charge is -2.17. The number of nitrogens with one attached hydrogen (secondary N) is 2. The molecule has 0 spiro atoms. The zero-order valence-electron chi connectivity index (χ0n) is 15.0. The van der Waals surface area contributed by atoms with E-state index in [0.717, 1.165) is 43.5 Å². The van der Waals surface area contributed by atoms with Crippen LogP contribution in [-0.2, 0) is 6.54 Å². The van der Waals surface area contributed by atoms with Gasteiger partial charge in [0.25, 0.3) is 0 Å². The van der Waals surface area contributed by atoms with Crippen molar-refractivity contribution in [2.75, 3.05) is 31.6 Å². The van der Waals surface area contributed by atoms with Crippen LogP contribution in [0.15, 0.2) is 40.8 Å². The van der Waals surface area contributed by atoms with E-state index < -0.39 is 0 Å². The Balaban J connectivity index is 1.46. The van der Waals surface area contributed by atoms with Gasteiger partial charge in [-0.25, -0.2) is 4.98 Å². The molecule has 0 amide bonds. The molecule has 6 heteroatoms. The molecule has 1 fully saturated rings. The third kappa shape index (κ3) is 4.95. The molecule has 1 atom stereocenters. The van der Waals surface area contributed by atoms with Crippen LogP contribution in [0.1, 0.15) is 36.1 Å². The van der Waals surface area contributed by atoms with E-state index in [1.807, 2.05) is 6.20 Å². The molecule has 2 N–H and O–H groups in total. The van der Waals surface area contributed by atoms with Crippen LogP contribution in [0.4, 0.5) is 5.82 Å². The largest absolute Gasteiger partial charge is 0.357 e. The predicted octanol–water partition coefficient (Wildman–Crippen LogP) is 3.21. The number of aromatic nitrogens is 1. The average molecular weight is 358 g/mol. The molecule has 3 rings (SSSR count). The molecule has 0 aliphatic carbocycles. The maximum absolute atomic E-state index is 4.60. The van der Waals surface area contributed by atoms with E-state index in [0.29, 0.717) is 5.92 Å². The molecule has 1 unspecified atom stereocenters. The Bertz CT molecular complexity index is 660. The summed E-state index contributed by atoms with van der Waals surface area (Å²) in [5.41, 5.74) is 1.16. The molecule has 1 aliphatic heterocycles. The predicted molar refractivity (Wildman–Crippen MR) is 107 cm³/mol. The van der Waals surface area contributed by atoms with Gasteiger partial charge in [0.2, 0.25) is 0 Å². The van der Waals surface area contributed by atoms with Crippen molar-refractivity contribution in [1.82, 2.24) is 15.6 Å². The third-order valence-corrected chi connectivity index (χ3v) is 5.63. The standard InChI is InChI=1S/C19H27N5S/c1-15(17-6-5-11-25-17)12-22-19(20-2)23-14-16-7-8-18(21-13-16)24-9-3-4-10-24/h5-8,11,13,15H,3-4,9-10,12,14H2,1-2H3,(H2,20,22,23). The van der Waals surface area contributed by atoms with Crippen LogP contribution >= 0.6 is 11.3 Å². The zero-order valence-corrected chi connectivity index (χ0v) is 15.9. The van der Waals surface area contributed by atoms with Gasteiger partial charge in [0.05, 0.1) is 0 Å². The monoisotopic (exact) mass is 357 g/mol. The smallest absolute Gasteiger partial charge is 0.191 e. The summed E-state index contributed by atoms with van der Waals surface area (Å²) in [5.74, 6) is 2.39. The van der Waals surface area contributed by atoms with Crippen LogP contribution in [-0.4, -0.2) is 37.6 Å². The van der Waals surface area contributed by atoms with Crippen LogP contribution in [0.3, 0.4) is 0 Å². The Kier molecular flexibility index (Phi) is 6.28. The molecule has 0 radical (unpaired) electrons. The van der Waals surface area contributed by atoms with Crippen LogP contribution < -0.4 is 15.5 Å². The highest BCUT2D eigenvalue weighted by Crippen LogP contribution is 2.19. The van der Waals surface area contributed by atoms with E-state index in [-0.39, 0.29) is 0 Å². The van der Waals surface area contributed by atoms with E-state index in [2.05, 4.69) is 62.1 Å². The molecule has 2 aromatic heterocycles. The molecule has 0 saturated carbocycles. The van der Waals surface area contributed by atoms with Gasteiger partial charge in [-0.1, -0.05) is 19.1 Å². The van der Waals surface area contributed by atoms with Crippen LogP contribution in [0.2, 0.25) is 0 Å². The number of anilines is 1. The average Bonchev–Trinajstić information content (AvgIpc) is 3.36. The van der Waals surface area contributed by atoms with E-state index in [9.17, 15) is 0 Å². The second-order valence-corrected chi connectivity index (χ2v) is 7.42. The number of pyridine rings is 1. The topological polar surface area (TPSA) is 52.6 Å².